The van der Waals surface area contributed by atoms with Gasteiger partial charge in [-0.05, 0) is 19.9 Å². The van der Waals surface area contributed by atoms with Gasteiger partial charge in [0.1, 0.15) is 5.60 Å². The smallest absolute Gasteiger partial charge is 0.117 e. The maximum Gasteiger partial charge on any atom is 0.117 e. The zero-order chi connectivity index (χ0) is 13.6. The maximum absolute atomic E-state index is 10.5. The van der Waals surface area contributed by atoms with Gasteiger partial charge in [0.25, 0.3) is 0 Å². The second-order valence-electron chi connectivity index (χ2n) is 4.51. The zero-order valence-electron chi connectivity index (χ0n) is 11.2. The van der Waals surface area contributed by atoms with E-state index in [1.54, 1.807) is 24.9 Å². The molecule has 1 atom stereocenters. The second kappa shape index (κ2) is 7.09. The third kappa shape index (κ3) is 3.95. The van der Waals surface area contributed by atoms with E-state index >= 15 is 0 Å². The Morgan fingerprint density at radius 3 is 2.94 bits per heavy atom. The van der Waals surface area contributed by atoms with Crippen LogP contribution in [0.3, 0.4) is 0 Å². The third-order valence-electron chi connectivity index (χ3n) is 2.71. The van der Waals surface area contributed by atoms with Crippen molar-refractivity contribution in [2.24, 2.45) is 0 Å². The summed E-state index contributed by atoms with van der Waals surface area (Å²) in [6.07, 6.45) is 2.58. The van der Waals surface area contributed by atoms with E-state index in [9.17, 15) is 5.11 Å². The molecule has 1 unspecified atom stereocenters. The van der Waals surface area contributed by atoms with Crippen LogP contribution in [0.4, 0.5) is 0 Å². The number of rotatable bonds is 8. The normalized spacial score (nSPS) is 14.7. The number of aliphatic hydroxyl groups is 1. The molecule has 0 saturated heterocycles. The molecule has 18 heavy (non-hydrogen) atoms. The lowest BCUT2D eigenvalue weighted by Crippen LogP contribution is -2.38. The number of nitrogens with one attached hydrogen (secondary N) is 1. The molecule has 1 heterocycles. The fourth-order valence-corrected chi connectivity index (χ4v) is 2.18. The summed E-state index contributed by atoms with van der Waals surface area (Å²) >= 11 is 6.11. The van der Waals surface area contributed by atoms with Gasteiger partial charge in [-0.1, -0.05) is 18.5 Å². The summed E-state index contributed by atoms with van der Waals surface area (Å²) in [5.41, 5.74) is -0.416. The molecule has 6 heteroatoms. The van der Waals surface area contributed by atoms with Crippen LogP contribution in [0.25, 0.3) is 0 Å². The van der Waals surface area contributed by atoms with Crippen molar-refractivity contribution in [2.75, 3.05) is 26.8 Å². The minimum Gasteiger partial charge on any atom is -0.383 e. The van der Waals surface area contributed by atoms with E-state index in [4.69, 9.17) is 16.3 Å². The van der Waals surface area contributed by atoms with Crippen molar-refractivity contribution >= 4 is 11.6 Å². The van der Waals surface area contributed by atoms with Crippen LogP contribution < -0.4 is 5.32 Å². The minimum absolute atomic E-state index is 0.444. The SMILES string of the molecule is CCCNCC(C)(O)c1c(Cl)cnn1CCOC. The molecule has 2 N–H and O–H groups in total. The Morgan fingerprint density at radius 2 is 2.33 bits per heavy atom. The van der Waals surface area contributed by atoms with Crippen LogP contribution in [-0.2, 0) is 16.9 Å². The summed E-state index contributed by atoms with van der Waals surface area (Å²) in [7, 11) is 1.63. The molecule has 0 radical (unpaired) electrons. The van der Waals surface area contributed by atoms with E-state index < -0.39 is 5.60 Å². The van der Waals surface area contributed by atoms with Crippen LogP contribution >= 0.6 is 11.6 Å². The zero-order valence-corrected chi connectivity index (χ0v) is 12.0. The van der Waals surface area contributed by atoms with Gasteiger partial charge in [-0.3, -0.25) is 4.68 Å². The average molecular weight is 276 g/mol. The summed E-state index contributed by atoms with van der Waals surface area (Å²) < 4.78 is 6.71. The van der Waals surface area contributed by atoms with Gasteiger partial charge in [0.2, 0.25) is 0 Å². The topological polar surface area (TPSA) is 59.3 Å². The largest absolute Gasteiger partial charge is 0.383 e. The number of ether oxygens (including phenoxy) is 1. The third-order valence-corrected chi connectivity index (χ3v) is 2.98. The molecular formula is C12H22ClN3O2. The number of hydrogen-bond donors (Lipinski definition) is 2. The molecule has 0 spiro atoms. The summed E-state index contributed by atoms with van der Waals surface area (Å²) in [6, 6.07) is 0. The van der Waals surface area contributed by atoms with Crippen LogP contribution in [0.5, 0.6) is 0 Å². The first kappa shape index (κ1) is 15.4. The van der Waals surface area contributed by atoms with E-state index in [-0.39, 0.29) is 0 Å². The number of hydrogen-bond acceptors (Lipinski definition) is 4. The number of nitrogens with zero attached hydrogens (tertiary/aromatic N) is 2. The molecule has 1 aromatic heterocycles. The van der Waals surface area contributed by atoms with Gasteiger partial charge >= 0.3 is 0 Å². The molecule has 0 fully saturated rings. The van der Waals surface area contributed by atoms with Crippen LogP contribution in [-0.4, -0.2) is 41.7 Å². The summed E-state index contributed by atoms with van der Waals surface area (Å²) in [6.45, 7) is 6.23. The monoisotopic (exact) mass is 275 g/mol. The van der Waals surface area contributed by atoms with Gasteiger partial charge in [-0.15, -0.1) is 0 Å². The molecule has 0 amide bonds. The van der Waals surface area contributed by atoms with Gasteiger partial charge in [0.15, 0.2) is 0 Å². The highest BCUT2D eigenvalue weighted by Gasteiger charge is 2.29. The summed E-state index contributed by atoms with van der Waals surface area (Å²) in [4.78, 5) is 0. The lowest BCUT2D eigenvalue weighted by molar-refractivity contribution is 0.0460. The number of halogens is 1. The molecule has 0 aliphatic heterocycles. The Morgan fingerprint density at radius 1 is 1.61 bits per heavy atom. The quantitative estimate of drug-likeness (QED) is 0.704. The molecule has 0 aliphatic carbocycles. The predicted octanol–water partition coefficient (Wildman–Crippen LogP) is 1.39. The van der Waals surface area contributed by atoms with Gasteiger partial charge in [-0.2, -0.15) is 5.10 Å². The van der Waals surface area contributed by atoms with Crippen LogP contribution in [0.2, 0.25) is 5.02 Å². The van der Waals surface area contributed by atoms with Gasteiger partial charge < -0.3 is 15.2 Å². The van der Waals surface area contributed by atoms with Crippen LogP contribution in [0.15, 0.2) is 6.20 Å². The first-order valence-electron chi connectivity index (χ1n) is 6.16. The second-order valence-corrected chi connectivity index (χ2v) is 4.91. The van der Waals surface area contributed by atoms with E-state index in [1.807, 2.05) is 0 Å². The first-order chi connectivity index (χ1) is 8.53. The van der Waals surface area contributed by atoms with Crippen molar-refractivity contribution in [3.8, 4) is 0 Å². The van der Waals surface area contributed by atoms with Crippen molar-refractivity contribution in [1.29, 1.82) is 0 Å². The Labute approximate surface area is 113 Å². The Kier molecular flexibility index (Phi) is 6.08. The molecule has 0 bridgehead atoms. The van der Waals surface area contributed by atoms with Gasteiger partial charge in [0, 0.05) is 13.7 Å². The fraction of sp³-hybridized carbons (Fsp3) is 0.750. The minimum atomic E-state index is -1.05. The lowest BCUT2D eigenvalue weighted by Gasteiger charge is -2.25. The Balaban J connectivity index is 2.81. The molecule has 104 valence electrons. The molecule has 0 aliphatic rings. The van der Waals surface area contributed by atoms with Crippen molar-refractivity contribution in [2.45, 2.75) is 32.4 Å². The predicted molar refractivity (Wildman–Crippen MR) is 71.8 cm³/mol. The molecule has 0 saturated carbocycles. The Bertz CT molecular complexity index is 366. The van der Waals surface area contributed by atoms with Crippen molar-refractivity contribution in [3.05, 3.63) is 16.9 Å². The summed E-state index contributed by atoms with van der Waals surface area (Å²) in [5.74, 6) is 0. The highest BCUT2D eigenvalue weighted by atomic mass is 35.5. The highest BCUT2D eigenvalue weighted by Crippen LogP contribution is 2.27. The molecule has 5 nitrogen and oxygen atoms in total. The lowest BCUT2D eigenvalue weighted by atomic mass is 10.0. The van der Waals surface area contributed by atoms with E-state index in [0.29, 0.717) is 30.4 Å². The van der Waals surface area contributed by atoms with Gasteiger partial charge in [-0.25, -0.2) is 0 Å². The molecule has 0 aromatic carbocycles. The Hall–Kier alpha value is -0.620. The van der Waals surface area contributed by atoms with E-state index in [1.165, 1.54) is 0 Å². The number of methoxy groups -OCH3 is 1. The van der Waals surface area contributed by atoms with Gasteiger partial charge in [0.05, 0.1) is 30.1 Å². The molecule has 1 rings (SSSR count). The van der Waals surface area contributed by atoms with Crippen molar-refractivity contribution in [3.63, 3.8) is 0 Å². The van der Waals surface area contributed by atoms with E-state index in [2.05, 4.69) is 17.3 Å². The summed E-state index contributed by atoms with van der Waals surface area (Å²) in [5, 5.41) is 18.4. The maximum atomic E-state index is 10.5. The van der Waals surface area contributed by atoms with Crippen LogP contribution in [0, 0.1) is 0 Å². The molecule has 1 aromatic rings. The first-order valence-corrected chi connectivity index (χ1v) is 6.54. The average Bonchev–Trinajstić information content (AvgIpc) is 2.68. The molecular weight excluding hydrogens is 254 g/mol. The number of aromatic nitrogens is 2. The fourth-order valence-electron chi connectivity index (χ4n) is 1.84. The standard InChI is InChI=1S/C12H22ClN3O2/c1-4-5-14-9-12(2,17)11-10(13)8-15-16(11)6-7-18-3/h8,14,17H,4-7,9H2,1-3H3. The van der Waals surface area contributed by atoms with Crippen molar-refractivity contribution < 1.29 is 9.84 Å². The van der Waals surface area contributed by atoms with Crippen LogP contribution in [0.1, 0.15) is 26.0 Å². The van der Waals surface area contributed by atoms with Crippen molar-refractivity contribution in [1.82, 2.24) is 15.1 Å². The highest BCUT2D eigenvalue weighted by molar-refractivity contribution is 6.31. The van der Waals surface area contributed by atoms with E-state index in [0.717, 1.165) is 13.0 Å².